The number of rotatable bonds is 6. The number of anilines is 1. The lowest BCUT2D eigenvalue weighted by molar-refractivity contribution is -0.134. The molecule has 0 bridgehead atoms. The molecule has 1 amide bonds. The van der Waals surface area contributed by atoms with Crippen LogP contribution in [0.25, 0.3) is 0 Å². The van der Waals surface area contributed by atoms with Gasteiger partial charge in [-0.05, 0) is 34.1 Å². The maximum Gasteiger partial charge on any atom is 0.310 e. The molecule has 0 aliphatic carbocycles. The fraction of sp³-hybridized carbons (Fsp3) is 0.263. The summed E-state index contributed by atoms with van der Waals surface area (Å²) in [6.45, 7) is 5.31. The first-order valence-corrected chi connectivity index (χ1v) is 9.74. The number of nitrogens with one attached hydrogen (secondary N) is 1. The van der Waals surface area contributed by atoms with Crippen LogP contribution in [0.5, 0.6) is 17.2 Å². The number of ether oxygens (including phenoxy) is 2. The summed E-state index contributed by atoms with van der Waals surface area (Å²) in [5, 5.41) is 3.22. The van der Waals surface area contributed by atoms with E-state index >= 15 is 0 Å². The van der Waals surface area contributed by atoms with Gasteiger partial charge in [0.1, 0.15) is 11.5 Å². The number of benzene rings is 2. The minimum Gasteiger partial charge on any atom is -0.454 e. The summed E-state index contributed by atoms with van der Waals surface area (Å²) >= 11 is 15.8. The minimum absolute atomic E-state index is 0.0901. The monoisotopic (exact) mass is 473 g/mol. The van der Waals surface area contributed by atoms with Crippen molar-refractivity contribution < 1.29 is 19.1 Å². The van der Waals surface area contributed by atoms with Crippen LogP contribution in [-0.2, 0) is 9.59 Å². The molecule has 0 saturated heterocycles. The first-order valence-electron chi connectivity index (χ1n) is 8.19. The largest absolute Gasteiger partial charge is 0.454 e. The average molecular weight is 475 g/mol. The number of hydrogen-bond acceptors (Lipinski definition) is 4. The molecule has 144 valence electrons. The Hall–Kier alpha value is -1.76. The molecule has 0 aliphatic heterocycles. The molecular weight excluding hydrogens is 457 g/mol. The molecule has 0 aliphatic rings. The van der Waals surface area contributed by atoms with Crippen molar-refractivity contribution in [1.29, 1.82) is 0 Å². The lowest BCUT2D eigenvalue weighted by atomic mass is 10.2. The molecule has 0 unspecified atom stereocenters. The molecule has 0 heterocycles. The number of amides is 1. The topological polar surface area (TPSA) is 64.6 Å². The third kappa shape index (κ3) is 5.86. The third-order valence-electron chi connectivity index (χ3n) is 3.43. The summed E-state index contributed by atoms with van der Waals surface area (Å²) < 4.78 is 11.5. The second-order valence-corrected chi connectivity index (χ2v) is 7.60. The van der Waals surface area contributed by atoms with Gasteiger partial charge in [0.2, 0.25) is 5.91 Å². The van der Waals surface area contributed by atoms with E-state index in [0.29, 0.717) is 15.9 Å². The van der Waals surface area contributed by atoms with E-state index < -0.39 is 5.97 Å². The average Bonchev–Trinajstić information content (AvgIpc) is 2.60. The van der Waals surface area contributed by atoms with E-state index in [4.69, 9.17) is 32.7 Å². The molecule has 0 radical (unpaired) electrons. The Morgan fingerprint density at radius 3 is 2.26 bits per heavy atom. The van der Waals surface area contributed by atoms with E-state index in [2.05, 4.69) is 21.2 Å². The Balaban J connectivity index is 2.20. The number of hydrogen-bond donors (Lipinski definition) is 1. The lowest BCUT2D eigenvalue weighted by Gasteiger charge is -2.14. The molecule has 2 rings (SSSR count). The summed E-state index contributed by atoms with van der Waals surface area (Å²) in [5.74, 6) is 0.335. The number of carbonyl (C=O) groups excluding carboxylic acids is 2. The van der Waals surface area contributed by atoms with E-state index in [1.54, 1.807) is 25.1 Å². The normalized spacial score (nSPS) is 10.6. The van der Waals surface area contributed by atoms with Crippen molar-refractivity contribution in [3.05, 3.63) is 44.8 Å². The third-order valence-corrected chi connectivity index (χ3v) is 4.65. The molecule has 2 aromatic carbocycles. The first-order chi connectivity index (χ1) is 12.7. The standard InChI is InChI=1S/C19H18BrCl2NO4/c1-4-17(24)26-12-8-14(21)18(15(22)9-12)27-11-5-6-16(13(20)7-11)23-19(25)10(2)3/h5-10H,4H2,1-3H3,(H,23,25). The van der Waals surface area contributed by atoms with Gasteiger partial charge in [0.15, 0.2) is 5.75 Å². The van der Waals surface area contributed by atoms with Crippen molar-refractivity contribution in [2.75, 3.05) is 5.32 Å². The van der Waals surface area contributed by atoms with Gasteiger partial charge in [-0.25, -0.2) is 0 Å². The molecule has 27 heavy (non-hydrogen) atoms. The van der Waals surface area contributed by atoms with Crippen LogP contribution in [0.4, 0.5) is 5.69 Å². The highest BCUT2D eigenvalue weighted by Crippen LogP contribution is 2.40. The molecule has 1 N–H and O–H groups in total. The molecule has 0 atom stereocenters. The lowest BCUT2D eigenvalue weighted by Crippen LogP contribution is -2.17. The van der Waals surface area contributed by atoms with Gasteiger partial charge in [-0.3, -0.25) is 9.59 Å². The Morgan fingerprint density at radius 1 is 1.11 bits per heavy atom. The van der Waals surface area contributed by atoms with Gasteiger partial charge < -0.3 is 14.8 Å². The Morgan fingerprint density at radius 2 is 1.74 bits per heavy atom. The van der Waals surface area contributed by atoms with Gasteiger partial charge in [-0.1, -0.05) is 44.0 Å². The van der Waals surface area contributed by atoms with E-state index in [-0.39, 0.29) is 39.8 Å². The van der Waals surface area contributed by atoms with Crippen LogP contribution < -0.4 is 14.8 Å². The van der Waals surface area contributed by atoms with Crippen molar-refractivity contribution in [2.24, 2.45) is 5.92 Å². The van der Waals surface area contributed by atoms with Crippen molar-refractivity contribution in [3.8, 4) is 17.2 Å². The van der Waals surface area contributed by atoms with Gasteiger partial charge in [0.25, 0.3) is 0 Å². The fourth-order valence-electron chi connectivity index (χ4n) is 1.95. The summed E-state index contributed by atoms with van der Waals surface area (Å²) in [5.41, 5.74) is 0.625. The van der Waals surface area contributed by atoms with Crippen LogP contribution in [0.2, 0.25) is 10.0 Å². The van der Waals surface area contributed by atoms with Crippen LogP contribution in [-0.4, -0.2) is 11.9 Å². The van der Waals surface area contributed by atoms with Crippen LogP contribution in [0, 0.1) is 5.92 Å². The Labute approximate surface area is 176 Å². The number of carbonyl (C=O) groups is 2. The van der Waals surface area contributed by atoms with Crippen LogP contribution in [0.1, 0.15) is 27.2 Å². The van der Waals surface area contributed by atoms with Gasteiger partial charge in [0.05, 0.1) is 15.7 Å². The Kier molecular flexibility index (Phi) is 7.53. The predicted octanol–water partition coefficient (Wildman–Crippen LogP) is 6.46. The van der Waals surface area contributed by atoms with Gasteiger partial charge in [-0.2, -0.15) is 0 Å². The Bertz CT molecular complexity index is 848. The van der Waals surface area contributed by atoms with E-state index in [1.807, 2.05) is 13.8 Å². The maximum absolute atomic E-state index is 11.8. The molecule has 0 fully saturated rings. The highest BCUT2D eigenvalue weighted by molar-refractivity contribution is 9.10. The number of halogens is 3. The second kappa shape index (κ2) is 9.44. The van der Waals surface area contributed by atoms with E-state index in [1.165, 1.54) is 12.1 Å². The van der Waals surface area contributed by atoms with Crippen LogP contribution >= 0.6 is 39.1 Å². The van der Waals surface area contributed by atoms with Crippen molar-refractivity contribution in [2.45, 2.75) is 27.2 Å². The quantitative estimate of drug-likeness (QED) is 0.385. The minimum atomic E-state index is -0.390. The zero-order chi connectivity index (χ0) is 20.1. The van der Waals surface area contributed by atoms with E-state index in [9.17, 15) is 9.59 Å². The summed E-state index contributed by atoms with van der Waals surface area (Å²) in [6.07, 6.45) is 0.237. The zero-order valence-electron chi connectivity index (χ0n) is 14.9. The molecule has 0 saturated carbocycles. The molecular formula is C19H18BrCl2NO4. The fourth-order valence-corrected chi connectivity index (χ4v) is 2.95. The molecule has 2 aromatic rings. The van der Waals surface area contributed by atoms with Crippen molar-refractivity contribution >= 4 is 56.7 Å². The smallest absolute Gasteiger partial charge is 0.310 e. The van der Waals surface area contributed by atoms with Crippen LogP contribution in [0.3, 0.4) is 0 Å². The van der Waals surface area contributed by atoms with Crippen molar-refractivity contribution in [3.63, 3.8) is 0 Å². The molecule has 0 spiro atoms. The second-order valence-electron chi connectivity index (χ2n) is 5.93. The zero-order valence-corrected chi connectivity index (χ0v) is 18.0. The van der Waals surface area contributed by atoms with Gasteiger partial charge in [0, 0.05) is 28.9 Å². The highest BCUT2D eigenvalue weighted by atomic mass is 79.9. The van der Waals surface area contributed by atoms with Gasteiger partial charge >= 0.3 is 5.97 Å². The molecule has 0 aromatic heterocycles. The summed E-state index contributed by atoms with van der Waals surface area (Å²) in [4.78, 5) is 23.2. The molecule has 8 heteroatoms. The van der Waals surface area contributed by atoms with Crippen LogP contribution in [0.15, 0.2) is 34.8 Å². The summed E-state index contributed by atoms with van der Waals surface area (Å²) in [7, 11) is 0. The van der Waals surface area contributed by atoms with Gasteiger partial charge in [-0.15, -0.1) is 0 Å². The number of esters is 1. The van der Waals surface area contributed by atoms with E-state index in [0.717, 1.165) is 0 Å². The highest BCUT2D eigenvalue weighted by Gasteiger charge is 2.15. The maximum atomic E-state index is 11.8. The summed E-state index contributed by atoms with van der Waals surface area (Å²) in [6, 6.07) is 8.00. The first kappa shape index (κ1) is 21.5. The predicted molar refractivity (Wildman–Crippen MR) is 110 cm³/mol. The van der Waals surface area contributed by atoms with Crippen molar-refractivity contribution in [1.82, 2.24) is 0 Å². The SMILES string of the molecule is CCC(=O)Oc1cc(Cl)c(Oc2ccc(NC(=O)C(C)C)c(Br)c2)c(Cl)c1. The molecule has 5 nitrogen and oxygen atoms in total.